The predicted octanol–water partition coefficient (Wildman–Crippen LogP) is 4.34. The molecule has 1 atom stereocenters. The summed E-state index contributed by atoms with van der Waals surface area (Å²) in [5.74, 6) is 1.06. The minimum atomic E-state index is 0.150. The van der Waals surface area contributed by atoms with Crippen LogP contribution in [0.4, 0.5) is 0 Å². The Hall–Kier alpha value is -2.07. The monoisotopic (exact) mass is 322 g/mol. The maximum Gasteiger partial charge on any atom is 0.120 e. The Morgan fingerprint density at radius 2 is 2.00 bits per heavy atom. The second-order valence-corrected chi connectivity index (χ2v) is 8.06. The van der Waals surface area contributed by atoms with Crippen LogP contribution in [0.1, 0.15) is 49.6 Å². The summed E-state index contributed by atoms with van der Waals surface area (Å²) >= 11 is 0. The van der Waals surface area contributed by atoms with Crippen LogP contribution in [0.5, 0.6) is 0 Å². The van der Waals surface area contributed by atoms with Crippen LogP contribution in [-0.4, -0.2) is 26.4 Å². The average molecular weight is 322 g/mol. The van der Waals surface area contributed by atoms with Gasteiger partial charge in [0.2, 0.25) is 0 Å². The topological polar surface area (TPSA) is 47.7 Å². The molecule has 3 heterocycles. The SMILES string of the molecule is Cc1cnc(CN2CCc3c([nH]c4ccccc34)C2C(C)(C)C)[nH]1. The highest BCUT2D eigenvalue weighted by Gasteiger charge is 2.38. The molecule has 0 bridgehead atoms. The summed E-state index contributed by atoms with van der Waals surface area (Å²) in [6.45, 7) is 11.0. The number of hydrogen-bond donors (Lipinski definition) is 2. The van der Waals surface area contributed by atoms with Gasteiger partial charge in [-0.2, -0.15) is 0 Å². The number of nitrogens with zero attached hydrogens (tertiary/aromatic N) is 2. The van der Waals surface area contributed by atoms with E-state index in [1.54, 1.807) is 0 Å². The third kappa shape index (κ3) is 2.55. The predicted molar refractivity (Wildman–Crippen MR) is 97.9 cm³/mol. The minimum Gasteiger partial charge on any atom is -0.357 e. The van der Waals surface area contributed by atoms with Crippen molar-refractivity contribution in [3.8, 4) is 0 Å². The number of rotatable bonds is 2. The molecular formula is C20H26N4. The van der Waals surface area contributed by atoms with Crippen LogP contribution < -0.4 is 0 Å². The molecule has 1 aliphatic rings. The van der Waals surface area contributed by atoms with Crippen LogP contribution >= 0.6 is 0 Å². The lowest BCUT2D eigenvalue weighted by Gasteiger charge is -2.43. The van der Waals surface area contributed by atoms with Gasteiger partial charge in [0.1, 0.15) is 5.82 Å². The minimum absolute atomic E-state index is 0.150. The van der Waals surface area contributed by atoms with E-state index in [9.17, 15) is 0 Å². The number of para-hydroxylation sites is 1. The molecule has 4 heteroatoms. The molecule has 2 N–H and O–H groups in total. The molecule has 0 aliphatic carbocycles. The van der Waals surface area contributed by atoms with Crippen LogP contribution in [-0.2, 0) is 13.0 Å². The van der Waals surface area contributed by atoms with Gasteiger partial charge in [-0.05, 0) is 30.4 Å². The Balaban J connectivity index is 1.77. The molecule has 4 nitrogen and oxygen atoms in total. The lowest BCUT2D eigenvalue weighted by molar-refractivity contribution is 0.0771. The lowest BCUT2D eigenvalue weighted by atomic mass is 9.79. The summed E-state index contributed by atoms with van der Waals surface area (Å²) in [5.41, 5.74) is 5.42. The third-order valence-electron chi connectivity index (χ3n) is 5.06. The van der Waals surface area contributed by atoms with E-state index in [4.69, 9.17) is 0 Å². The molecule has 3 aromatic rings. The summed E-state index contributed by atoms with van der Waals surface area (Å²) in [6, 6.07) is 9.04. The highest BCUT2D eigenvalue weighted by atomic mass is 15.2. The van der Waals surface area contributed by atoms with Gasteiger partial charge in [-0.15, -0.1) is 0 Å². The zero-order valence-corrected chi connectivity index (χ0v) is 15.0. The molecule has 126 valence electrons. The maximum atomic E-state index is 4.52. The van der Waals surface area contributed by atoms with Gasteiger partial charge in [0.05, 0.1) is 12.6 Å². The fraction of sp³-hybridized carbons (Fsp3) is 0.450. The first-order valence-electron chi connectivity index (χ1n) is 8.77. The van der Waals surface area contributed by atoms with Crippen LogP contribution in [0.3, 0.4) is 0 Å². The summed E-state index contributed by atoms with van der Waals surface area (Å²) in [7, 11) is 0. The van der Waals surface area contributed by atoms with Crippen molar-refractivity contribution in [1.82, 2.24) is 19.9 Å². The van der Waals surface area contributed by atoms with E-state index in [0.717, 1.165) is 31.0 Å². The molecule has 2 aromatic heterocycles. The molecule has 1 unspecified atom stereocenters. The summed E-state index contributed by atoms with van der Waals surface area (Å²) in [6.07, 6.45) is 3.01. The van der Waals surface area contributed by atoms with Gasteiger partial charge in [0.15, 0.2) is 0 Å². The molecule has 0 radical (unpaired) electrons. The van der Waals surface area contributed by atoms with E-state index in [0.29, 0.717) is 6.04 Å². The molecule has 0 spiro atoms. The summed E-state index contributed by atoms with van der Waals surface area (Å²) < 4.78 is 0. The number of aromatic amines is 2. The van der Waals surface area contributed by atoms with Crippen molar-refractivity contribution in [2.45, 2.75) is 46.7 Å². The van der Waals surface area contributed by atoms with Crippen molar-refractivity contribution in [3.05, 3.63) is 53.2 Å². The van der Waals surface area contributed by atoms with Crippen LogP contribution in [0.2, 0.25) is 0 Å². The smallest absolute Gasteiger partial charge is 0.120 e. The largest absolute Gasteiger partial charge is 0.357 e. The highest BCUT2D eigenvalue weighted by molar-refractivity contribution is 5.85. The first kappa shape index (κ1) is 15.5. The fourth-order valence-corrected chi connectivity index (χ4v) is 4.18. The first-order chi connectivity index (χ1) is 11.4. The lowest BCUT2D eigenvalue weighted by Crippen LogP contribution is -2.41. The Bertz CT molecular complexity index is 865. The molecule has 24 heavy (non-hydrogen) atoms. The maximum absolute atomic E-state index is 4.52. The Kier molecular flexibility index (Phi) is 3.53. The van der Waals surface area contributed by atoms with Crippen LogP contribution in [0.25, 0.3) is 10.9 Å². The van der Waals surface area contributed by atoms with Crippen molar-refractivity contribution in [3.63, 3.8) is 0 Å². The molecule has 0 saturated carbocycles. The van der Waals surface area contributed by atoms with Gasteiger partial charge >= 0.3 is 0 Å². The summed E-state index contributed by atoms with van der Waals surface area (Å²) in [4.78, 5) is 14.2. The number of H-pyrrole nitrogens is 2. The van der Waals surface area contributed by atoms with Crippen molar-refractivity contribution < 1.29 is 0 Å². The number of fused-ring (bicyclic) bond motifs is 3. The van der Waals surface area contributed by atoms with E-state index in [1.807, 2.05) is 6.20 Å². The van der Waals surface area contributed by atoms with Gasteiger partial charge < -0.3 is 9.97 Å². The van der Waals surface area contributed by atoms with Gasteiger partial charge in [-0.25, -0.2) is 4.98 Å². The third-order valence-corrected chi connectivity index (χ3v) is 5.06. The van der Waals surface area contributed by atoms with E-state index in [1.165, 1.54) is 22.2 Å². The second-order valence-electron chi connectivity index (χ2n) is 8.06. The Morgan fingerprint density at radius 1 is 1.21 bits per heavy atom. The number of nitrogens with one attached hydrogen (secondary N) is 2. The number of aromatic nitrogens is 3. The van der Waals surface area contributed by atoms with Gasteiger partial charge in [-0.1, -0.05) is 39.0 Å². The van der Waals surface area contributed by atoms with Gasteiger partial charge in [0.25, 0.3) is 0 Å². The molecular weight excluding hydrogens is 296 g/mol. The van der Waals surface area contributed by atoms with Crippen molar-refractivity contribution >= 4 is 10.9 Å². The van der Waals surface area contributed by atoms with Crippen LogP contribution in [0.15, 0.2) is 30.5 Å². The number of hydrogen-bond acceptors (Lipinski definition) is 2. The van der Waals surface area contributed by atoms with E-state index >= 15 is 0 Å². The number of imidazole rings is 1. The Morgan fingerprint density at radius 3 is 2.71 bits per heavy atom. The fourth-order valence-electron chi connectivity index (χ4n) is 4.18. The summed E-state index contributed by atoms with van der Waals surface area (Å²) in [5, 5.41) is 1.38. The first-order valence-corrected chi connectivity index (χ1v) is 8.77. The van der Waals surface area contributed by atoms with E-state index in [-0.39, 0.29) is 5.41 Å². The van der Waals surface area contributed by atoms with Crippen molar-refractivity contribution in [1.29, 1.82) is 0 Å². The number of aryl methyl sites for hydroxylation is 1. The average Bonchev–Trinajstić information content (AvgIpc) is 3.08. The van der Waals surface area contributed by atoms with Crippen LogP contribution in [0, 0.1) is 12.3 Å². The zero-order chi connectivity index (χ0) is 16.9. The van der Waals surface area contributed by atoms with Crippen molar-refractivity contribution in [2.24, 2.45) is 5.41 Å². The second kappa shape index (κ2) is 5.49. The number of benzene rings is 1. The Labute approximate surface area is 143 Å². The van der Waals surface area contributed by atoms with Crippen molar-refractivity contribution in [2.75, 3.05) is 6.54 Å². The van der Waals surface area contributed by atoms with E-state index < -0.39 is 0 Å². The quantitative estimate of drug-likeness (QED) is 0.737. The molecule has 0 saturated heterocycles. The molecule has 1 aromatic carbocycles. The zero-order valence-electron chi connectivity index (χ0n) is 15.0. The molecule has 4 rings (SSSR count). The standard InChI is InChI=1S/C20H26N4/c1-13-11-21-17(22-13)12-24-10-9-15-14-7-5-6-8-16(14)23-18(15)19(24)20(2,3)4/h5-8,11,19,23H,9-10,12H2,1-4H3,(H,21,22). The highest BCUT2D eigenvalue weighted by Crippen LogP contribution is 2.44. The molecule has 1 aliphatic heterocycles. The van der Waals surface area contributed by atoms with Gasteiger partial charge in [0, 0.05) is 35.0 Å². The van der Waals surface area contributed by atoms with Gasteiger partial charge in [-0.3, -0.25) is 4.90 Å². The molecule has 0 amide bonds. The normalized spacial score (nSPS) is 18.9. The van der Waals surface area contributed by atoms with E-state index in [2.05, 4.69) is 71.8 Å². The molecule has 0 fully saturated rings.